The minimum Gasteiger partial charge on any atom is -0.359 e. The molecule has 0 fully saturated rings. The summed E-state index contributed by atoms with van der Waals surface area (Å²) < 4.78 is 18.3. The van der Waals surface area contributed by atoms with E-state index in [1.54, 1.807) is 6.92 Å². The highest BCUT2D eigenvalue weighted by Crippen LogP contribution is 2.23. The van der Waals surface area contributed by atoms with E-state index in [0.29, 0.717) is 11.6 Å². The zero-order valence-electron chi connectivity index (χ0n) is 7.63. The van der Waals surface area contributed by atoms with E-state index in [0.717, 1.165) is 0 Å². The summed E-state index contributed by atoms with van der Waals surface area (Å²) in [4.78, 5) is 0. The van der Waals surface area contributed by atoms with E-state index in [4.69, 9.17) is 21.6 Å². The van der Waals surface area contributed by atoms with Crippen molar-refractivity contribution in [1.82, 2.24) is 0 Å². The number of halogens is 2. The fraction of sp³-hybridized carbons (Fsp3) is 0.300. The molecule has 0 radical (unpaired) electrons. The van der Waals surface area contributed by atoms with Gasteiger partial charge in [-0.3, -0.25) is 0 Å². The molecule has 0 spiro atoms. The second kappa shape index (κ2) is 4.94. The van der Waals surface area contributed by atoms with Gasteiger partial charge in [-0.15, -0.1) is 0 Å². The monoisotopic (exact) mass is 213 g/mol. The molecule has 0 aliphatic rings. The zero-order valence-corrected chi connectivity index (χ0v) is 8.38. The molecule has 0 amide bonds. The molecule has 74 valence electrons. The van der Waals surface area contributed by atoms with E-state index in [-0.39, 0.29) is 5.56 Å². The van der Waals surface area contributed by atoms with Crippen molar-refractivity contribution in [3.63, 3.8) is 0 Å². The van der Waals surface area contributed by atoms with Crippen molar-refractivity contribution < 1.29 is 9.13 Å². The molecule has 0 bridgehead atoms. The van der Waals surface area contributed by atoms with Gasteiger partial charge in [0, 0.05) is 17.2 Å². The Balaban J connectivity index is 3.03. The Hall–Kier alpha value is -1.11. The van der Waals surface area contributed by atoms with Crippen molar-refractivity contribution in [2.45, 2.75) is 13.0 Å². The number of nitrogens with zero attached hydrogens (tertiary/aromatic N) is 1. The van der Waals surface area contributed by atoms with Crippen LogP contribution in [0.2, 0.25) is 5.02 Å². The third-order valence-electron chi connectivity index (χ3n) is 1.69. The molecule has 0 saturated heterocycles. The minimum atomic E-state index is -0.890. The summed E-state index contributed by atoms with van der Waals surface area (Å²) in [5.41, 5.74) is 0.182. The number of hydrogen-bond acceptors (Lipinski definition) is 2. The number of nitriles is 1. The number of rotatable bonds is 3. The molecule has 0 N–H and O–H groups in total. The van der Waals surface area contributed by atoms with Crippen LogP contribution in [0, 0.1) is 17.1 Å². The smallest absolute Gasteiger partial charge is 0.171 e. The average molecular weight is 214 g/mol. The van der Waals surface area contributed by atoms with Crippen LogP contribution < -0.4 is 0 Å². The van der Waals surface area contributed by atoms with E-state index in [9.17, 15) is 4.39 Å². The fourth-order valence-corrected chi connectivity index (χ4v) is 1.26. The Labute approximate surface area is 86.9 Å². The molecule has 1 rings (SSSR count). The van der Waals surface area contributed by atoms with Gasteiger partial charge in [0.05, 0.1) is 6.07 Å². The lowest BCUT2D eigenvalue weighted by Gasteiger charge is -2.10. The van der Waals surface area contributed by atoms with Crippen LogP contribution >= 0.6 is 11.6 Å². The summed E-state index contributed by atoms with van der Waals surface area (Å²) in [6, 6.07) is 5.92. The number of benzene rings is 1. The Bertz CT molecular complexity index is 362. The third-order valence-corrected chi connectivity index (χ3v) is 1.93. The van der Waals surface area contributed by atoms with Crippen LogP contribution in [0.25, 0.3) is 0 Å². The molecule has 2 nitrogen and oxygen atoms in total. The van der Waals surface area contributed by atoms with Crippen molar-refractivity contribution in [2.75, 3.05) is 6.61 Å². The maximum Gasteiger partial charge on any atom is 0.171 e. The standard InChI is InChI=1S/C10H9ClFNO/c1-2-14-10(6-13)8-5-7(11)3-4-9(8)12/h3-5,10H,2H2,1H3. The van der Waals surface area contributed by atoms with E-state index in [1.807, 2.05) is 6.07 Å². The molecule has 0 aromatic heterocycles. The summed E-state index contributed by atoms with van der Waals surface area (Å²) >= 11 is 5.69. The van der Waals surface area contributed by atoms with Gasteiger partial charge >= 0.3 is 0 Å². The Morgan fingerprint density at radius 1 is 1.64 bits per heavy atom. The first-order valence-electron chi connectivity index (χ1n) is 4.15. The molecular weight excluding hydrogens is 205 g/mol. The van der Waals surface area contributed by atoms with E-state index >= 15 is 0 Å². The van der Waals surface area contributed by atoms with Gasteiger partial charge in [-0.05, 0) is 25.1 Å². The Morgan fingerprint density at radius 2 is 2.36 bits per heavy atom. The van der Waals surface area contributed by atoms with Gasteiger partial charge in [-0.2, -0.15) is 5.26 Å². The molecule has 14 heavy (non-hydrogen) atoms. The molecular formula is C10H9ClFNO. The molecule has 0 aliphatic carbocycles. The van der Waals surface area contributed by atoms with Gasteiger partial charge in [0.25, 0.3) is 0 Å². The van der Waals surface area contributed by atoms with E-state index < -0.39 is 11.9 Å². The van der Waals surface area contributed by atoms with E-state index in [1.165, 1.54) is 18.2 Å². The van der Waals surface area contributed by atoms with Gasteiger partial charge in [0.2, 0.25) is 0 Å². The quantitative estimate of drug-likeness (QED) is 0.773. The van der Waals surface area contributed by atoms with Crippen LogP contribution in [0.3, 0.4) is 0 Å². The molecule has 0 aliphatic heterocycles. The predicted octanol–water partition coefficient (Wildman–Crippen LogP) is 3.08. The van der Waals surface area contributed by atoms with Crippen molar-refractivity contribution in [1.29, 1.82) is 5.26 Å². The van der Waals surface area contributed by atoms with E-state index in [2.05, 4.69) is 0 Å². The van der Waals surface area contributed by atoms with Crippen molar-refractivity contribution in [3.8, 4) is 6.07 Å². The molecule has 1 aromatic carbocycles. The molecule has 1 aromatic rings. The van der Waals surface area contributed by atoms with Crippen molar-refractivity contribution >= 4 is 11.6 Å². The van der Waals surface area contributed by atoms with Crippen LogP contribution in [0.15, 0.2) is 18.2 Å². The van der Waals surface area contributed by atoms with Gasteiger partial charge in [0.1, 0.15) is 5.82 Å². The number of ether oxygens (including phenoxy) is 1. The second-order valence-corrected chi connectivity index (χ2v) is 3.07. The van der Waals surface area contributed by atoms with Gasteiger partial charge in [-0.25, -0.2) is 4.39 Å². The highest BCUT2D eigenvalue weighted by Gasteiger charge is 2.15. The number of hydrogen-bond donors (Lipinski definition) is 0. The van der Waals surface area contributed by atoms with Gasteiger partial charge in [0.15, 0.2) is 6.10 Å². The molecule has 0 saturated carbocycles. The molecule has 4 heteroatoms. The summed E-state index contributed by atoms with van der Waals surface area (Å²) in [7, 11) is 0. The zero-order chi connectivity index (χ0) is 10.6. The fourth-order valence-electron chi connectivity index (χ4n) is 1.08. The first-order chi connectivity index (χ1) is 6.69. The van der Waals surface area contributed by atoms with Gasteiger partial charge < -0.3 is 4.74 Å². The SMILES string of the molecule is CCOC(C#N)c1cc(Cl)ccc1F. The first-order valence-corrected chi connectivity index (χ1v) is 4.53. The lowest BCUT2D eigenvalue weighted by Crippen LogP contribution is -2.04. The first kappa shape index (κ1) is 11.0. The normalized spacial score (nSPS) is 12.1. The Morgan fingerprint density at radius 3 is 2.93 bits per heavy atom. The topological polar surface area (TPSA) is 33.0 Å². The molecule has 1 unspecified atom stereocenters. The molecule has 1 atom stereocenters. The van der Waals surface area contributed by atoms with Gasteiger partial charge in [-0.1, -0.05) is 11.6 Å². The predicted molar refractivity (Wildman–Crippen MR) is 51.4 cm³/mol. The van der Waals surface area contributed by atoms with Crippen LogP contribution in [0.1, 0.15) is 18.6 Å². The highest BCUT2D eigenvalue weighted by atomic mass is 35.5. The second-order valence-electron chi connectivity index (χ2n) is 2.63. The minimum absolute atomic E-state index is 0.182. The van der Waals surface area contributed by atoms with Crippen LogP contribution in [-0.2, 0) is 4.74 Å². The van der Waals surface area contributed by atoms with Crippen LogP contribution in [0.5, 0.6) is 0 Å². The summed E-state index contributed by atoms with van der Waals surface area (Å²) in [6.45, 7) is 2.09. The molecule has 0 heterocycles. The lowest BCUT2D eigenvalue weighted by atomic mass is 10.1. The summed E-state index contributed by atoms with van der Waals surface area (Å²) in [5.74, 6) is -0.477. The highest BCUT2D eigenvalue weighted by molar-refractivity contribution is 6.30. The van der Waals surface area contributed by atoms with Crippen LogP contribution in [-0.4, -0.2) is 6.61 Å². The Kier molecular flexibility index (Phi) is 3.87. The van der Waals surface area contributed by atoms with Crippen LogP contribution in [0.4, 0.5) is 4.39 Å². The summed E-state index contributed by atoms with van der Waals surface area (Å²) in [6.07, 6.45) is -0.890. The van der Waals surface area contributed by atoms with Crippen molar-refractivity contribution in [3.05, 3.63) is 34.6 Å². The largest absolute Gasteiger partial charge is 0.359 e. The van der Waals surface area contributed by atoms with Crippen molar-refractivity contribution in [2.24, 2.45) is 0 Å². The lowest BCUT2D eigenvalue weighted by molar-refractivity contribution is 0.0993. The third kappa shape index (κ3) is 2.44. The summed E-state index contributed by atoms with van der Waals surface area (Å²) in [5, 5.41) is 9.13. The average Bonchev–Trinajstić information content (AvgIpc) is 2.18. The maximum atomic E-state index is 13.2. The maximum absolute atomic E-state index is 13.2.